The molecule has 0 atom stereocenters. The Balaban J connectivity index is 1.48. The van der Waals surface area contributed by atoms with Crippen LogP contribution in [0.4, 0.5) is 0 Å². The molecule has 0 spiro atoms. The van der Waals surface area contributed by atoms with Gasteiger partial charge in [0, 0.05) is 40.8 Å². The lowest BCUT2D eigenvalue weighted by molar-refractivity contribution is -0.136. The number of halogens is 1. The Morgan fingerprint density at radius 2 is 1.72 bits per heavy atom. The number of fused-ring (bicyclic) bond motifs is 1. The van der Waals surface area contributed by atoms with Crippen molar-refractivity contribution >= 4 is 34.2 Å². The van der Waals surface area contributed by atoms with Crippen molar-refractivity contribution in [2.45, 2.75) is 31.9 Å². The highest BCUT2D eigenvalue weighted by molar-refractivity contribution is 6.30. The molecule has 1 saturated heterocycles. The normalized spacial score (nSPS) is 16.2. The SMILES string of the molecule is CC(=O)c1cn(CC(=O)N2CCC(O)(c3ccc(Cl)cc3)CC2)c2ccccc12. The number of amides is 1. The van der Waals surface area contributed by atoms with Crippen molar-refractivity contribution in [3.05, 3.63) is 70.9 Å². The first kappa shape index (κ1) is 19.7. The Kier molecular flexibility index (Phi) is 5.19. The molecule has 1 aliphatic rings. The van der Waals surface area contributed by atoms with E-state index in [-0.39, 0.29) is 18.2 Å². The molecule has 150 valence electrons. The number of hydrogen-bond donors (Lipinski definition) is 1. The summed E-state index contributed by atoms with van der Waals surface area (Å²) in [4.78, 5) is 26.6. The molecule has 2 aromatic carbocycles. The van der Waals surface area contributed by atoms with Crippen molar-refractivity contribution < 1.29 is 14.7 Å². The van der Waals surface area contributed by atoms with E-state index in [9.17, 15) is 14.7 Å². The van der Waals surface area contributed by atoms with E-state index in [0.29, 0.717) is 36.5 Å². The van der Waals surface area contributed by atoms with Gasteiger partial charge in [0.2, 0.25) is 5.91 Å². The standard InChI is InChI=1S/C23H23ClN2O3/c1-16(27)20-14-26(21-5-3-2-4-19(20)21)15-22(28)25-12-10-23(29,11-13-25)17-6-8-18(24)9-7-17/h2-9,14,29H,10-13,15H2,1H3. The molecule has 6 heteroatoms. The van der Waals surface area contributed by atoms with E-state index in [1.54, 1.807) is 23.2 Å². The molecule has 1 aromatic heterocycles. The summed E-state index contributed by atoms with van der Waals surface area (Å²) in [5.74, 6) is -0.0302. The highest BCUT2D eigenvalue weighted by Crippen LogP contribution is 2.33. The molecule has 1 amide bonds. The average Bonchev–Trinajstić information content (AvgIpc) is 3.08. The van der Waals surface area contributed by atoms with Crippen molar-refractivity contribution in [3.8, 4) is 0 Å². The molecule has 0 aliphatic carbocycles. The molecule has 4 rings (SSSR count). The number of Topliss-reactive ketones (excluding diaryl/α,β-unsaturated/α-hetero) is 1. The lowest BCUT2D eigenvalue weighted by Gasteiger charge is -2.38. The number of aliphatic hydroxyl groups is 1. The third-order valence-electron chi connectivity index (χ3n) is 5.80. The van der Waals surface area contributed by atoms with Gasteiger partial charge < -0.3 is 14.6 Å². The van der Waals surface area contributed by atoms with E-state index < -0.39 is 5.60 Å². The summed E-state index contributed by atoms with van der Waals surface area (Å²) < 4.78 is 1.84. The van der Waals surface area contributed by atoms with Crippen molar-refractivity contribution in [2.75, 3.05) is 13.1 Å². The van der Waals surface area contributed by atoms with Crippen molar-refractivity contribution in [1.29, 1.82) is 0 Å². The van der Waals surface area contributed by atoms with Gasteiger partial charge in [-0.2, -0.15) is 0 Å². The van der Waals surface area contributed by atoms with Crippen LogP contribution in [0, 0.1) is 0 Å². The van der Waals surface area contributed by atoms with Crippen molar-refractivity contribution in [3.63, 3.8) is 0 Å². The van der Waals surface area contributed by atoms with Gasteiger partial charge in [-0.15, -0.1) is 0 Å². The zero-order valence-corrected chi connectivity index (χ0v) is 17.0. The largest absolute Gasteiger partial charge is 0.385 e. The van der Waals surface area contributed by atoms with Crippen LogP contribution < -0.4 is 0 Å². The Hall–Kier alpha value is -2.63. The van der Waals surface area contributed by atoms with Gasteiger partial charge >= 0.3 is 0 Å². The molecule has 1 aliphatic heterocycles. The fourth-order valence-corrected chi connectivity index (χ4v) is 4.20. The maximum atomic E-state index is 12.9. The Labute approximate surface area is 174 Å². The van der Waals surface area contributed by atoms with Crippen LogP contribution in [0.15, 0.2) is 54.7 Å². The highest BCUT2D eigenvalue weighted by atomic mass is 35.5. The zero-order valence-electron chi connectivity index (χ0n) is 16.3. The van der Waals surface area contributed by atoms with Crippen LogP contribution in [-0.4, -0.2) is 39.4 Å². The van der Waals surface area contributed by atoms with Gasteiger partial charge in [0.25, 0.3) is 0 Å². The van der Waals surface area contributed by atoms with E-state index in [1.165, 1.54) is 6.92 Å². The third-order valence-corrected chi connectivity index (χ3v) is 6.05. The fourth-order valence-electron chi connectivity index (χ4n) is 4.08. The third kappa shape index (κ3) is 3.80. The molecule has 1 fully saturated rings. The molecule has 0 bridgehead atoms. The van der Waals surface area contributed by atoms with Gasteiger partial charge in [-0.25, -0.2) is 0 Å². The first-order valence-electron chi connectivity index (χ1n) is 9.72. The van der Waals surface area contributed by atoms with Gasteiger partial charge in [-0.05, 0) is 43.5 Å². The Morgan fingerprint density at radius 1 is 1.07 bits per heavy atom. The second-order valence-corrected chi connectivity index (χ2v) is 8.10. The summed E-state index contributed by atoms with van der Waals surface area (Å²) >= 11 is 5.94. The number of nitrogens with zero attached hydrogens (tertiary/aromatic N) is 2. The Bertz CT molecular complexity index is 1060. The molecule has 0 unspecified atom stereocenters. The van der Waals surface area contributed by atoms with E-state index >= 15 is 0 Å². The van der Waals surface area contributed by atoms with E-state index in [1.807, 2.05) is 41.0 Å². The molecule has 0 saturated carbocycles. The van der Waals surface area contributed by atoms with Gasteiger partial charge in [0.05, 0.1) is 5.60 Å². The number of carbonyl (C=O) groups excluding carboxylic acids is 2. The number of aromatic nitrogens is 1. The molecule has 29 heavy (non-hydrogen) atoms. The molecule has 1 N–H and O–H groups in total. The molecule has 5 nitrogen and oxygen atoms in total. The van der Waals surface area contributed by atoms with Crippen LogP contribution in [0.25, 0.3) is 10.9 Å². The number of ketones is 1. The number of piperidine rings is 1. The predicted molar refractivity (Wildman–Crippen MR) is 113 cm³/mol. The van der Waals surface area contributed by atoms with Gasteiger partial charge in [-0.3, -0.25) is 9.59 Å². The van der Waals surface area contributed by atoms with Crippen molar-refractivity contribution in [1.82, 2.24) is 9.47 Å². The molecule has 3 aromatic rings. The number of benzene rings is 2. The van der Waals surface area contributed by atoms with Gasteiger partial charge in [0.1, 0.15) is 6.54 Å². The monoisotopic (exact) mass is 410 g/mol. The van der Waals surface area contributed by atoms with Crippen LogP contribution in [0.3, 0.4) is 0 Å². The minimum absolute atomic E-state index is 0.0148. The van der Waals surface area contributed by atoms with Gasteiger partial charge in [0.15, 0.2) is 5.78 Å². The number of rotatable bonds is 4. The van der Waals surface area contributed by atoms with Crippen LogP contribution in [0.1, 0.15) is 35.7 Å². The Morgan fingerprint density at radius 3 is 2.38 bits per heavy atom. The predicted octanol–water partition coefficient (Wildman–Crippen LogP) is 4.01. The number of carbonyl (C=O) groups is 2. The summed E-state index contributed by atoms with van der Waals surface area (Å²) in [7, 11) is 0. The zero-order chi connectivity index (χ0) is 20.6. The highest BCUT2D eigenvalue weighted by Gasteiger charge is 2.35. The van der Waals surface area contributed by atoms with Crippen LogP contribution in [0.5, 0.6) is 0 Å². The lowest BCUT2D eigenvalue weighted by atomic mass is 9.84. The summed E-state index contributed by atoms with van der Waals surface area (Å²) in [6.07, 6.45) is 2.72. The average molecular weight is 411 g/mol. The van der Waals surface area contributed by atoms with E-state index in [2.05, 4.69) is 0 Å². The maximum absolute atomic E-state index is 12.9. The van der Waals surface area contributed by atoms with Crippen molar-refractivity contribution in [2.24, 2.45) is 0 Å². The van der Waals surface area contributed by atoms with Crippen LogP contribution in [0.2, 0.25) is 5.02 Å². The minimum atomic E-state index is -0.941. The maximum Gasteiger partial charge on any atom is 0.242 e. The number of para-hydroxylation sites is 1. The number of likely N-dealkylation sites (tertiary alicyclic amines) is 1. The second kappa shape index (κ2) is 7.65. The summed E-state index contributed by atoms with van der Waals surface area (Å²) in [6, 6.07) is 14.9. The summed E-state index contributed by atoms with van der Waals surface area (Å²) in [6.45, 7) is 2.68. The summed E-state index contributed by atoms with van der Waals surface area (Å²) in [5.41, 5.74) is 1.39. The van der Waals surface area contributed by atoms with Crippen LogP contribution >= 0.6 is 11.6 Å². The summed E-state index contributed by atoms with van der Waals surface area (Å²) in [5, 5.41) is 12.5. The molecule has 0 radical (unpaired) electrons. The first-order chi connectivity index (χ1) is 13.9. The fraction of sp³-hybridized carbons (Fsp3) is 0.304. The van der Waals surface area contributed by atoms with E-state index in [0.717, 1.165) is 16.5 Å². The quantitative estimate of drug-likeness (QED) is 0.661. The second-order valence-electron chi connectivity index (χ2n) is 7.66. The molecule has 2 heterocycles. The molecular weight excluding hydrogens is 388 g/mol. The molecular formula is C23H23ClN2O3. The van der Waals surface area contributed by atoms with Crippen LogP contribution in [-0.2, 0) is 16.9 Å². The van der Waals surface area contributed by atoms with E-state index in [4.69, 9.17) is 11.6 Å². The first-order valence-corrected chi connectivity index (χ1v) is 10.1. The minimum Gasteiger partial charge on any atom is -0.385 e. The lowest BCUT2D eigenvalue weighted by Crippen LogP contribution is -2.46. The number of hydrogen-bond acceptors (Lipinski definition) is 3. The smallest absolute Gasteiger partial charge is 0.242 e. The topological polar surface area (TPSA) is 62.5 Å². The van der Waals surface area contributed by atoms with Gasteiger partial charge in [-0.1, -0.05) is 41.9 Å².